The largest absolute Gasteiger partial charge is 0.490 e. The van der Waals surface area contributed by atoms with Crippen LogP contribution in [0, 0.1) is 6.92 Å². The molecule has 1 N–H and O–H groups in total. The highest BCUT2D eigenvalue weighted by Crippen LogP contribution is 2.37. The second-order valence-corrected chi connectivity index (χ2v) is 9.89. The number of carbonyl (C=O) groups excluding carboxylic acids is 3. The van der Waals surface area contributed by atoms with Crippen molar-refractivity contribution < 1.29 is 23.9 Å². The average Bonchev–Trinajstić information content (AvgIpc) is 3.16. The van der Waals surface area contributed by atoms with Crippen LogP contribution in [0.1, 0.15) is 29.2 Å². The number of carbonyl (C=O) groups is 3. The van der Waals surface area contributed by atoms with Crippen molar-refractivity contribution in [1.29, 1.82) is 0 Å². The zero-order valence-electron chi connectivity index (χ0n) is 21.9. The zero-order chi connectivity index (χ0) is 27.8. The number of amides is 3. The second kappa shape index (κ2) is 13.0. The molecule has 1 saturated heterocycles. The van der Waals surface area contributed by atoms with Gasteiger partial charge in [-0.05, 0) is 79.1 Å². The normalized spacial score (nSPS) is 14.0. The molecule has 1 aliphatic heterocycles. The molecule has 8 heteroatoms. The van der Waals surface area contributed by atoms with Crippen LogP contribution in [0.3, 0.4) is 0 Å². The van der Waals surface area contributed by atoms with E-state index >= 15 is 0 Å². The lowest BCUT2D eigenvalue weighted by Crippen LogP contribution is -2.36. The van der Waals surface area contributed by atoms with Crippen molar-refractivity contribution in [3.05, 3.63) is 107 Å². The molecule has 0 aliphatic carbocycles. The summed E-state index contributed by atoms with van der Waals surface area (Å²) in [7, 11) is 0. The summed E-state index contributed by atoms with van der Waals surface area (Å²) in [6.45, 7) is 8.08. The summed E-state index contributed by atoms with van der Waals surface area (Å²) in [6, 6.07) is 20.8. The molecule has 0 unspecified atom stereocenters. The summed E-state index contributed by atoms with van der Waals surface area (Å²) in [5, 5.41) is 2.24. The van der Waals surface area contributed by atoms with E-state index < -0.39 is 17.1 Å². The van der Waals surface area contributed by atoms with E-state index in [2.05, 4.69) is 11.9 Å². The van der Waals surface area contributed by atoms with Crippen LogP contribution in [0.25, 0.3) is 6.08 Å². The van der Waals surface area contributed by atoms with E-state index in [0.717, 1.165) is 33.4 Å². The molecule has 0 radical (unpaired) electrons. The number of thioether (sulfide) groups is 1. The third-order valence-corrected chi connectivity index (χ3v) is 6.73. The highest BCUT2D eigenvalue weighted by molar-refractivity contribution is 8.18. The first-order valence-electron chi connectivity index (χ1n) is 12.6. The van der Waals surface area contributed by atoms with Crippen LogP contribution in [0.2, 0.25) is 0 Å². The van der Waals surface area contributed by atoms with Crippen LogP contribution in [-0.2, 0) is 22.6 Å². The van der Waals surface area contributed by atoms with Crippen LogP contribution < -0.4 is 14.8 Å². The van der Waals surface area contributed by atoms with Gasteiger partial charge in [-0.2, -0.15) is 0 Å². The van der Waals surface area contributed by atoms with Gasteiger partial charge in [0.25, 0.3) is 11.1 Å². The highest BCUT2D eigenvalue weighted by atomic mass is 32.2. The van der Waals surface area contributed by atoms with Crippen molar-refractivity contribution in [2.24, 2.45) is 0 Å². The van der Waals surface area contributed by atoms with Gasteiger partial charge in [0.15, 0.2) is 11.5 Å². The third kappa shape index (κ3) is 7.18. The number of imide groups is 1. The molecule has 0 saturated carbocycles. The second-order valence-electron chi connectivity index (χ2n) is 8.89. The van der Waals surface area contributed by atoms with Crippen LogP contribution in [0.15, 0.2) is 84.3 Å². The van der Waals surface area contributed by atoms with Crippen molar-refractivity contribution in [1.82, 2.24) is 4.90 Å². The van der Waals surface area contributed by atoms with Crippen LogP contribution in [0.4, 0.5) is 10.5 Å². The molecule has 1 fully saturated rings. The number of ether oxygens (including phenoxy) is 2. The van der Waals surface area contributed by atoms with Crippen LogP contribution in [0.5, 0.6) is 11.5 Å². The quantitative estimate of drug-likeness (QED) is 0.224. The van der Waals surface area contributed by atoms with Crippen molar-refractivity contribution in [3.8, 4) is 11.5 Å². The van der Waals surface area contributed by atoms with E-state index in [1.165, 1.54) is 0 Å². The lowest BCUT2D eigenvalue weighted by molar-refractivity contribution is -0.127. The lowest BCUT2D eigenvalue weighted by atomic mass is 10.0. The number of allylic oxidation sites excluding steroid dienone is 1. The number of nitrogens with zero attached hydrogens (tertiary/aromatic N) is 1. The number of hydrogen-bond acceptors (Lipinski definition) is 6. The van der Waals surface area contributed by atoms with Crippen molar-refractivity contribution >= 4 is 40.6 Å². The Morgan fingerprint density at radius 1 is 1.05 bits per heavy atom. The van der Waals surface area contributed by atoms with Crippen LogP contribution >= 0.6 is 11.8 Å². The smallest absolute Gasteiger partial charge is 0.294 e. The molecule has 0 bridgehead atoms. The Balaban J connectivity index is 1.54. The minimum Gasteiger partial charge on any atom is -0.490 e. The molecule has 1 aliphatic rings. The van der Waals surface area contributed by atoms with E-state index in [1.807, 2.05) is 68.4 Å². The highest BCUT2D eigenvalue weighted by Gasteiger charge is 2.36. The Labute approximate surface area is 232 Å². The summed E-state index contributed by atoms with van der Waals surface area (Å²) in [4.78, 5) is 39.4. The molecule has 4 rings (SSSR count). The fourth-order valence-corrected chi connectivity index (χ4v) is 4.92. The number of aryl methyl sites for hydroxylation is 1. The first-order chi connectivity index (χ1) is 18.9. The van der Waals surface area contributed by atoms with Crippen molar-refractivity contribution in [2.45, 2.75) is 26.9 Å². The molecule has 0 aromatic heterocycles. The van der Waals surface area contributed by atoms with Gasteiger partial charge >= 0.3 is 0 Å². The van der Waals surface area contributed by atoms with Gasteiger partial charge in [0.2, 0.25) is 5.91 Å². The molecule has 0 spiro atoms. The number of rotatable bonds is 11. The number of anilines is 1. The van der Waals surface area contributed by atoms with Gasteiger partial charge in [-0.3, -0.25) is 19.3 Å². The maximum Gasteiger partial charge on any atom is 0.294 e. The number of benzene rings is 3. The monoisotopic (exact) mass is 542 g/mol. The van der Waals surface area contributed by atoms with Crippen molar-refractivity contribution in [2.75, 3.05) is 18.5 Å². The summed E-state index contributed by atoms with van der Waals surface area (Å²) < 4.78 is 12.1. The fraction of sp³-hybridized carbons (Fsp3) is 0.194. The van der Waals surface area contributed by atoms with Gasteiger partial charge < -0.3 is 14.8 Å². The fourth-order valence-electron chi connectivity index (χ4n) is 4.08. The van der Waals surface area contributed by atoms with E-state index in [0.29, 0.717) is 42.4 Å². The van der Waals surface area contributed by atoms with Gasteiger partial charge in [-0.15, -0.1) is 6.58 Å². The van der Waals surface area contributed by atoms with E-state index in [-0.39, 0.29) is 11.4 Å². The van der Waals surface area contributed by atoms with Gasteiger partial charge in [0.05, 0.1) is 11.5 Å². The van der Waals surface area contributed by atoms with Crippen LogP contribution in [-0.4, -0.2) is 35.1 Å². The zero-order valence-corrected chi connectivity index (χ0v) is 22.8. The molecule has 1 heterocycles. The van der Waals surface area contributed by atoms with E-state index in [1.54, 1.807) is 24.3 Å². The topological polar surface area (TPSA) is 84.9 Å². The van der Waals surface area contributed by atoms with E-state index in [9.17, 15) is 14.4 Å². The predicted molar refractivity (Wildman–Crippen MR) is 155 cm³/mol. The Hall–Kier alpha value is -4.30. The molecule has 7 nitrogen and oxygen atoms in total. The van der Waals surface area contributed by atoms with Gasteiger partial charge in [-0.1, -0.05) is 48.5 Å². The van der Waals surface area contributed by atoms with Gasteiger partial charge in [0, 0.05) is 11.3 Å². The maximum absolute atomic E-state index is 13.1. The lowest BCUT2D eigenvalue weighted by Gasteiger charge is -2.17. The first kappa shape index (κ1) is 27.7. The Kier molecular flexibility index (Phi) is 9.22. The molecule has 3 amide bonds. The minimum absolute atomic E-state index is 0.230. The number of hydrogen-bond donors (Lipinski definition) is 1. The average molecular weight is 543 g/mol. The molecule has 3 aromatic rings. The third-order valence-electron chi connectivity index (χ3n) is 5.82. The molecular weight excluding hydrogens is 512 g/mol. The van der Waals surface area contributed by atoms with E-state index in [4.69, 9.17) is 9.47 Å². The first-order valence-corrected chi connectivity index (χ1v) is 13.4. The standard InChI is InChI=1S/C31H30N2O5S/c1-4-10-24-16-23(17-26(37-5-2)29(24)38-20-22-12-7-6-8-13-22)18-27-30(35)33(31(36)39-27)19-28(34)32-25-14-9-11-21(3)15-25/h4,6-9,11-18H,1,5,10,19-20H2,2-3H3,(H,32,34)/b27-18-. The summed E-state index contributed by atoms with van der Waals surface area (Å²) in [5.74, 6) is 0.183. The SMILES string of the molecule is C=CCc1cc(/C=C2\SC(=O)N(CC(=O)Nc3cccc(C)c3)C2=O)cc(OCC)c1OCc1ccccc1. The Morgan fingerprint density at radius 2 is 1.85 bits per heavy atom. The van der Waals surface area contributed by atoms with Gasteiger partial charge in [-0.25, -0.2) is 0 Å². The molecule has 39 heavy (non-hydrogen) atoms. The summed E-state index contributed by atoms with van der Waals surface area (Å²) >= 11 is 0.804. The maximum atomic E-state index is 13.1. The Bertz CT molecular complexity index is 1420. The van der Waals surface area contributed by atoms with Crippen molar-refractivity contribution in [3.63, 3.8) is 0 Å². The Morgan fingerprint density at radius 3 is 2.56 bits per heavy atom. The molecular formula is C31H30N2O5S. The summed E-state index contributed by atoms with van der Waals surface area (Å²) in [6.07, 6.45) is 3.93. The minimum atomic E-state index is -0.517. The predicted octanol–water partition coefficient (Wildman–Crippen LogP) is 6.38. The summed E-state index contributed by atoms with van der Waals surface area (Å²) in [5.41, 5.74) is 4.14. The van der Waals surface area contributed by atoms with Gasteiger partial charge in [0.1, 0.15) is 13.2 Å². The molecule has 0 atom stereocenters. The number of nitrogens with one attached hydrogen (secondary N) is 1. The molecule has 200 valence electrons. The molecule has 3 aromatic carbocycles.